The second-order valence-corrected chi connectivity index (χ2v) is 2.90. The normalized spacial score (nSPS) is 12.4. The fourth-order valence-corrected chi connectivity index (χ4v) is 0.788. The van der Waals surface area contributed by atoms with Gasteiger partial charge in [-0.15, -0.1) is 0 Å². The van der Waals surface area contributed by atoms with Gasteiger partial charge in [-0.3, -0.25) is 4.79 Å². The number of aromatic nitrogens is 1. The number of pyridine rings is 1. The van der Waals surface area contributed by atoms with Gasteiger partial charge in [0.15, 0.2) is 0 Å². The summed E-state index contributed by atoms with van der Waals surface area (Å²) < 4.78 is 72.5. The zero-order chi connectivity index (χ0) is 13.3. The minimum absolute atomic E-state index is 0.472. The summed E-state index contributed by atoms with van der Waals surface area (Å²) in [4.78, 5) is 13.6. The van der Waals surface area contributed by atoms with Crippen molar-refractivity contribution in [3.05, 3.63) is 24.3 Å². The molecule has 0 unspecified atom stereocenters. The van der Waals surface area contributed by atoms with Gasteiger partial charge in [0.1, 0.15) is 0 Å². The van der Waals surface area contributed by atoms with Gasteiger partial charge in [0, 0.05) is 0 Å². The first-order chi connectivity index (χ1) is 7.64. The number of rotatable bonds is 2. The second-order valence-electron chi connectivity index (χ2n) is 2.90. The second kappa shape index (κ2) is 4.22. The Kier molecular flexibility index (Phi) is 3.30. The molecule has 1 aromatic heterocycles. The lowest BCUT2D eigenvalue weighted by Crippen LogP contribution is -2.47. The first-order valence-electron chi connectivity index (χ1n) is 4.02. The Morgan fingerprint density at radius 1 is 1.18 bits per heavy atom. The molecule has 17 heavy (non-hydrogen) atoms. The van der Waals surface area contributed by atoms with Crippen LogP contribution in [0.5, 0.6) is 0 Å². The highest BCUT2D eigenvalue weighted by Gasteiger charge is 2.63. The van der Waals surface area contributed by atoms with Gasteiger partial charge in [0.25, 0.3) is 0 Å². The summed E-state index contributed by atoms with van der Waals surface area (Å²) >= 11 is 0. The minimum atomic E-state index is -6.00. The lowest BCUT2D eigenvalue weighted by atomic mass is 10.3. The van der Waals surface area contributed by atoms with Crippen LogP contribution in [0.25, 0.3) is 0 Å². The molecule has 1 aromatic rings. The smallest absolute Gasteiger partial charge is 0.319 e. The van der Waals surface area contributed by atoms with E-state index in [4.69, 9.17) is 0 Å². The molecule has 3 nitrogen and oxygen atoms in total. The highest BCUT2D eigenvalue weighted by atomic mass is 19.4. The molecular weight excluding hydrogens is 254 g/mol. The van der Waals surface area contributed by atoms with Gasteiger partial charge in [-0.25, -0.2) is 4.98 Å². The van der Waals surface area contributed by atoms with Crippen LogP contribution in [-0.2, 0) is 4.79 Å². The summed E-state index contributed by atoms with van der Waals surface area (Å²) in [5, 5.41) is 1.28. The molecule has 0 atom stereocenters. The molecule has 0 aliphatic carbocycles. The van der Waals surface area contributed by atoms with Crippen molar-refractivity contribution >= 4 is 11.6 Å². The summed E-state index contributed by atoms with van der Waals surface area (Å²) in [6.07, 6.45) is -5.38. The third-order valence-corrected chi connectivity index (χ3v) is 1.63. The number of carbonyl (C=O) groups excluding carboxylic acids is 1. The number of anilines is 1. The Bertz CT molecular complexity index is 413. The van der Waals surface area contributed by atoms with Crippen LogP contribution in [0.3, 0.4) is 0 Å². The molecule has 0 radical (unpaired) electrons. The molecule has 0 fully saturated rings. The SMILES string of the molecule is O=C(Nc1ccc(F)nc1)C(F)(F)C(F)(F)F. The molecule has 0 saturated heterocycles. The number of halogens is 6. The van der Waals surface area contributed by atoms with Crippen molar-refractivity contribution in [2.45, 2.75) is 12.1 Å². The highest BCUT2D eigenvalue weighted by molar-refractivity contribution is 5.96. The molecule has 1 rings (SSSR count). The van der Waals surface area contributed by atoms with Crippen LogP contribution in [-0.4, -0.2) is 23.0 Å². The summed E-state index contributed by atoms with van der Waals surface area (Å²) in [6.45, 7) is 0. The summed E-state index contributed by atoms with van der Waals surface area (Å²) in [7, 11) is 0. The van der Waals surface area contributed by atoms with Gasteiger partial charge < -0.3 is 5.32 Å². The standard InChI is InChI=1S/C8H4F6N2O/c9-5-2-1-4(3-15-5)16-6(17)7(10,11)8(12,13)14/h1-3H,(H,16,17). The Morgan fingerprint density at radius 3 is 2.18 bits per heavy atom. The number of hydrogen-bond acceptors (Lipinski definition) is 2. The van der Waals surface area contributed by atoms with Crippen LogP contribution < -0.4 is 5.32 Å². The van der Waals surface area contributed by atoms with Crippen molar-refractivity contribution < 1.29 is 31.1 Å². The van der Waals surface area contributed by atoms with E-state index in [0.717, 1.165) is 6.07 Å². The van der Waals surface area contributed by atoms with E-state index >= 15 is 0 Å². The van der Waals surface area contributed by atoms with Gasteiger partial charge in [-0.1, -0.05) is 0 Å². The van der Waals surface area contributed by atoms with Gasteiger partial charge in [0.2, 0.25) is 5.95 Å². The van der Waals surface area contributed by atoms with Gasteiger partial charge >= 0.3 is 18.0 Å². The molecule has 0 bridgehead atoms. The molecule has 1 amide bonds. The number of nitrogens with zero attached hydrogens (tertiary/aromatic N) is 1. The fraction of sp³-hybridized carbons (Fsp3) is 0.250. The van der Waals surface area contributed by atoms with E-state index in [-0.39, 0.29) is 0 Å². The maximum absolute atomic E-state index is 12.5. The Hall–Kier alpha value is -1.80. The minimum Gasteiger partial charge on any atom is -0.319 e. The Morgan fingerprint density at radius 2 is 1.76 bits per heavy atom. The third-order valence-electron chi connectivity index (χ3n) is 1.63. The number of hydrogen-bond donors (Lipinski definition) is 1. The number of amides is 1. The quantitative estimate of drug-likeness (QED) is 0.653. The highest BCUT2D eigenvalue weighted by Crippen LogP contribution is 2.36. The average Bonchev–Trinajstić information content (AvgIpc) is 2.19. The zero-order valence-electron chi connectivity index (χ0n) is 7.86. The largest absolute Gasteiger partial charge is 0.463 e. The number of nitrogens with one attached hydrogen (secondary N) is 1. The maximum atomic E-state index is 12.5. The van der Waals surface area contributed by atoms with Crippen LogP contribution in [0.2, 0.25) is 0 Å². The lowest BCUT2D eigenvalue weighted by Gasteiger charge is -2.18. The van der Waals surface area contributed by atoms with Gasteiger partial charge in [-0.05, 0) is 12.1 Å². The van der Waals surface area contributed by atoms with Crippen molar-refractivity contribution in [3.63, 3.8) is 0 Å². The first-order valence-corrected chi connectivity index (χ1v) is 4.02. The van der Waals surface area contributed by atoms with Crippen LogP contribution in [0.15, 0.2) is 18.3 Å². The van der Waals surface area contributed by atoms with Crippen molar-refractivity contribution in [1.29, 1.82) is 0 Å². The first kappa shape index (κ1) is 13.3. The average molecular weight is 258 g/mol. The monoisotopic (exact) mass is 258 g/mol. The summed E-state index contributed by atoms with van der Waals surface area (Å²) in [5.41, 5.74) is -0.472. The van der Waals surface area contributed by atoms with E-state index < -0.39 is 29.6 Å². The van der Waals surface area contributed by atoms with Crippen molar-refractivity contribution in [2.24, 2.45) is 0 Å². The Balaban J connectivity index is 2.83. The molecule has 9 heteroatoms. The molecule has 94 valence electrons. The van der Waals surface area contributed by atoms with Crippen molar-refractivity contribution in [2.75, 3.05) is 5.32 Å². The Labute approximate surface area is 90.5 Å². The van der Waals surface area contributed by atoms with Crippen LogP contribution >= 0.6 is 0 Å². The van der Waals surface area contributed by atoms with E-state index in [2.05, 4.69) is 4.98 Å². The van der Waals surface area contributed by atoms with Crippen molar-refractivity contribution in [3.8, 4) is 0 Å². The van der Waals surface area contributed by atoms with Crippen LogP contribution in [0, 0.1) is 5.95 Å². The molecular formula is C8H4F6N2O. The fourth-order valence-electron chi connectivity index (χ4n) is 0.788. The molecule has 0 aliphatic heterocycles. The van der Waals surface area contributed by atoms with Gasteiger partial charge in [0.05, 0.1) is 11.9 Å². The molecule has 0 spiro atoms. The van der Waals surface area contributed by atoms with Crippen molar-refractivity contribution in [1.82, 2.24) is 4.98 Å². The molecule has 0 aromatic carbocycles. The van der Waals surface area contributed by atoms with E-state index in [1.54, 1.807) is 0 Å². The van der Waals surface area contributed by atoms with Crippen LogP contribution in [0.4, 0.5) is 32.0 Å². The molecule has 0 aliphatic rings. The predicted molar refractivity (Wildman–Crippen MR) is 43.8 cm³/mol. The molecule has 1 N–H and O–H groups in total. The molecule has 1 heterocycles. The van der Waals surface area contributed by atoms with E-state index in [9.17, 15) is 31.1 Å². The van der Waals surface area contributed by atoms with Gasteiger partial charge in [-0.2, -0.15) is 26.3 Å². The van der Waals surface area contributed by atoms with E-state index in [1.165, 1.54) is 5.32 Å². The topological polar surface area (TPSA) is 42.0 Å². The zero-order valence-corrected chi connectivity index (χ0v) is 7.86. The maximum Gasteiger partial charge on any atom is 0.463 e. The third kappa shape index (κ3) is 2.86. The van der Waals surface area contributed by atoms with Crippen LogP contribution in [0.1, 0.15) is 0 Å². The molecule has 0 saturated carbocycles. The van der Waals surface area contributed by atoms with E-state index in [0.29, 0.717) is 12.3 Å². The summed E-state index contributed by atoms with van der Waals surface area (Å²) in [5.74, 6) is -9.05. The van der Waals surface area contributed by atoms with E-state index in [1.807, 2.05) is 0 Å². The number of carbonyl (C=O) groups is 1. The predicted octanol–water partition coefficient (Wildman–Crippen LogP) is 2.36. The summed E-state index contributed by atoms with van der Waals surface area (Å²) in [6, 6.07) is 1.49. The number of alkyl halides is 5. The lowest BCUT2D eigenvalue weighted by molar-refractivity contribution is -0.267.